The fourth-order valence-corrected chi connectivity index (χ4v) is 3.36. The number of ether oxygens (including phenoxy) is 1. The Morgan fingerprint density at radius 3 is 2.81 bits per heavy atom. The molecular formula is C17H20F3N5O. The zero-order chi connectivity index (χ0) is 18.3. The van der Waals surface area contributed by atoms with Crippen LogP contribution in [0.1, 0.15) is 54.9 Å². The molecule has 0 N–H and O–H groups in total. The molecule has 0 bridgehead atoms. The molecule has 2 heterocycles. The Hall–Kier alpha value is -2.00. The molecule has 1 aromatic heterocycles. The maximum Gasteiger partial charge on any atom is 0.416 e. The van der Waals surface area contributed by atoms with E-state index < -0.39 is 17.8 Å². The molecule has 4 rings (SSSR count). The number of hydrogen-bond acceptors (Lipinski definition) is 5. The van der Waals surface area contributed by atoms with Gasteiger partial charge in [0.05, 0.1) is 30.4 Å². The first kappa shape index (κ1) is 17.4. The lowest BCUT2D eigenvalue weighted by Crippen LogP contribution is -2.40. The van der Waals surface area contributed by atoms with Crippen LogP contribution in [0.2, 0.25) is 0 Å². The summed E-state index contributed by atoms with van der Waals surface area (Å²) in [5, 5.41) is 12.0. The van der Waals surface area contributed by atoms with Crippen molar-refractivity contribution in [3.05, 3.63) is 41.2 Å². The minimum atomic E-state index is -4.36. The second-order valence-corrected chi connectivity index (χ2v) is 6.87. The lowest BCUT2D eigenvalue weighted by Gasteiger charge is -2.36. The molecule has 2 unspecified atom stereocenters. The van der Waals surface area contributed by atoms with E-state index in [0.717, 1.165) is 24.7 Å². The number of nitrogens with zero attached hydrogens (tertiary/aromatic N) is 5. The minimum absolute atomic E-state index is 0.0252. The Bertz CT molecular complexity index is 774. The van der Waals surface area contributed by atoms with E-state index in [1.807, 2.05) is 11.6 Å². The number of hydrogen-bond donors (Lipinski definition) is 0. The van der Waals surface area contributed by atoms with E-state index >= 15 is 0 Å². The fourth-order valence-electron chi connectivity index (χ4n) is 3.36. The first-order chi connectivity index (χ1) is 12.4. The van der Waals surface area contributed by atoms with Gasteiger partial charge in [0.25, 0.3) is 0 Å². The normalized spacial score (nSPS) is 23.2. The Morgan fingerprint density at radius 1 is 1.27 bits per heavy atom. The number of tetrazole rings is 1. The summed E-state index contributed by atoms with van der Waals surface area (Å²) in [5.74, 6) is 0.803. The number of rotatable bonds is 4. The van der Waals surface area contributed by atoms with E-state index in [2.05, 4.69) is 20.4 Å². The van der Waals surface area contributed by atoms with E-state index in [9.17, 15) is 13.2 Å². The maximum absolute atomic E-state index is 13.0. The van der Waals surface area contributed by atoms with Crippen LogP contribution in [-0.2, 0) is 10.9 Å². The average Bonchev–Trinajstić information content (AvgIpc) is 3.37. The highest BCUT2D eigenvalue weighted by atomic mass is 19.4. The molecule has 1 aliphatic carbocycles. The Kier molecular flexibility index (Phi) is 4.44. The van der Waals surface area contributed by atoms with Crippen molar-refractivity contribution in [2.24, 2.45) is 0 Å². The van der Waals surface area contributed by atoms with Gasteiger partial charge in [0, 0.05) is 13.1 Å². The third-order valence-electron chi connectivity index (χ3n) is 5.02. The van der Waals surface area contributed by atoms with Gasteiger partial charge in [-0.1, -0.05) is 12.1 Å². The van der Waals surface area contributed by atoms with Gasteiger partial charge < -0.3 is 4.74 Å². The second kappa shape index (κ2) is 6.62. The molecule has 2 atom stereocenters. The third kappa shape index (κ3) is 3.45. The number of aromatic nitrogens is 4. The van der Waals surface area contributed by atoms with Gasteiger partial charge in [0.15, 0.2) is 5.82 Å². The summed E-state index contributed by atoms with van der Waals surface area (Å²) in [5.41, 5.74) is -0.111. The predicted molar refractivity (Wildman–Crippen MR) is 86.2 cm³/mol. The number of alkyl halides is 3. The summed E-state index contributed by atoms with van der Waals surface area (Å²) in [6.07, 6.45) is -2.59. The summed E-state index contributed by atoms with van der Waals surface area (Å²) in [4.78, 5) is 2.17. The summed E-state index contributed by atoms with van der Waals surface area (Å²) in [6, 6.07) is 5.72. The molecule has 1 saturated heterocycles. The highest BCUT2D eigenvalue weighted by Gasteiger charge is 2.35. The van der Waals surface area contributed by atoms with E-state index in [1.54, 1.807) is 6.07 Å². The Labute approximate surface area is 148 Å². The third-order valence-corrected chi connectivity index (χ3v) is 5.02. The van der Waals surface area contributed by atoms with Crippen molar-refractivity contribution >= 4 is 0 Å². The van der Waals surface area contributed by atoms with Crippen molar-refractivity contribution in [3.63, 3.8) is 0 Å². The van der Waals surface area contributed by atoms with Gasteiger partial charge in [0.2, 0.25) is 0 Å². The summed E-state index contributed by atoms with van der Waals surface area (Å²) < 4.78 is 46.6. The van der Waals surface area contributed by atoms with Gasteiger partial charge in [-0.15, -0.1) is 5.10 Å². The molecule has 2 fully saturated rings. The summed E-state index contributed by atoms with van der Waals surface area (Å²) >= 11 is 0. The molecule has 1 saturated carbocycles. The summed E-state index contributed by atoms with van der Waals surface area (Å²) in [6.45, 7) is 3.67. The molecule has 1 aliphatic heterocycles. The van der Waals surface area contributed by atoms with Gasteiger partial charge in [-0.25, -0.2) is 4.68 Å². The van der Waals surface area contributed by atoms with Crippen LogP contribution in [0.4, 0.5) is 13.2 Å². The zero-order valence-electron chi connectivity index (χ0n) is 14.4. The Morgan fingerprint density at radius 2 is 2.08 bits per heavy atom. The molecule has 26 heavy (non-hydrogen) atoms. The van der Waals surface area contributed by atoms with E-state index in [0.29, 0.717) is 31.3 Å². The van der Waals surface area contributed by atoms with Gasteiger partial charge >= 0.3 is 6.18 Å². The minimum Gasteiger partial charge on any atom is -0.371 e. The molecule has 9 heteroatoms. The molecule has 1 aromatic carbocycles. The average molecular weight is 367 g/mol. The maximum atomic E-state index is 13.0. The van der Waals surface area contributed by atoms with E-state index in [4.69, 9.17) is 4.74 Å². The van der Waals surface area contributed by atoms with Crippen molar-refractivity contribution < 1.29 is 17.9 Å². The largest absolute Gasteiger partial charge is 0.416 e. The van der Waals surface area contributed by atoms with Gasteiger partial charge in [-0.05, 0) is 47.9 Å². The van der Waals surface area contributed by atoms with Gasteiger partial charge in [0.1, 0.15) is 0 Å². The van der Waals surface area contributed by atoms with Crippen molar-refractivity contribution in [2.75, 3.05) is 19.7 Å². The van der Waals surface area contributed by atoms with E-state index in [1.165, 1.54) is 12.1 Å². The van der Waals surface area contributed by atoms with Crippen LogP contribution < -0.4 is 0 Å². The molecule has 2 aromatic rings. The Balaban J connectivity index is 1.51. The first-order valence-corrected chi connectivity index (χ1v) is 8.74. The fraction of sp³-hybridized carbons (Fsp3) is 0.588. The highest BCUT2D eigenvalue weighted by Crippen LogP contribution is 2.37. The molecule has 2 aliphatic rings. The molecule has 0 spiro atoms. The van der Waals surface area contributed by atoms with Crippen LogP contribution in [0.25, 0.3) is 0 Å². The van der Waals surface area contributed by atoms with Crippen molar-refractivity contribution in [1.29, 1.82) is 0 Å². The number of benzene rings is 1. The van der Waals surface area contributed by atoms with Crippen molar-refractivity contribution in [1.82, 2.24) is 25.1 Å². The molecule has 0 radical (unpaired) electrons. The SMILES string of the molecule is CC(c1nnnn1C1CC1)N1CCOC(c2cccc(C(F)(F)F)c2)C1. The van der Waals surface area contributed by atoms with Crippen LogP contribution in [0.5, 0.6) is 0 Å². The molecular weight excluding hydrogens is 347 g/mol. The molecule has 140 valence electrons. The quantitative estimate of drug-likeness (QED) is 0.831. The predicted octanol–water partition coefficient (Wildman–Crippen LogP) is 3.16. The molecule has 0 amide bonds. The second-order valence-electron chi connectivity index (χ2n) is 6.87. The number of halogens is 3. The topological polar surface area (TPSA) is 56.1 Å². The van der Waals surface area contributed by atoms with E-state index in [-0.39, 0.29) is 6.04 Å². The zero-order valence-corrected chi connectivity index (χ0v) is 14.4. The summed E-state index contributed by atoms with van der Waals surface area (Å²) in [7, 11) is 0. The highest BCUT2D eigenvalue weighted by molar-refractivity contribution is 5.27. The smallest absolute Gasteiger partial charge is 0.371 e. The lowest BCUT2D eigenvalue weighted by molar-refractivity contribution is -0.137. The van der Waals surface area contributed by atoms with Crippen LogP contribution in [0, 0.1) is 0 Å². The lowest BCUT2D eigenvalue weighted by atomic mass is 10.0. The van der Waals surface area contributed by atoms with Gasteiger partial charge in [-0.3, -0.25) is 4.90 Å². The number of morpholine rings is 1. The van der Waals surface area contributed by atoms with Crippen LogP contribution in [-0.4, -0.2) is 44.8 Å². The van der Waals surface area contributed by atoms with Crippen LogP contribution in [0.15, 0.2) is 24.3 Å². The van der Waals surface area contributed by atoms with Crippen LogP contribution >= 0.6 is 0 Å². The standard InChI is InChI=1S/C17H20F3N5O/c1-11(16-21-22-23-25(16)14-5-6-14)24-7-8-26-15(10-24)12-3-2-4-13(9-12)17(18,19)20/h2-4,9,11,14-15H,5-8,10H2,1H3. The first-order valence-electron chi connectivity index (χ1n) is 8.74. The van der Waals surface area contributed by atoms with Crippen LogP contribution in [0.3, 0.4) is 0 Å². The van der Waals surface area contributed by atoms with Gasteiger partial charge in [-0.2, -0.15) is 13.2 Å². The van der Waals surface area contributed by atoms with Crippen molar-refractivity contribution in [2.45, 2.75) is 44.1 Å². The molecule has 6 nitrogen and oxygen atoms in total. The monoisotopic (exact) mass is 367 g/mol. The van der Waals surface area contributed by atoms with Crippen molar-refractivity contribution in [3.8, 4) is 0 Å².